The second-order valence-corrected chi connectivity index (χ2v) is 6.68. The molecule has 0 aliphatic heterocycles. The van der Waals surface area contributed by atoms with E-state index in [1.54, 1.807) is 29.8 Å². The van der Waals surface area contributed by atoms with E-state index in [0.29, 0.717) is 0 Å². The number of benzene rings is 1. The molecule has 0 atom stereocenters. The largest absolute Gasteiger partial charge is 0.495 e. The van der Waals surface area contributed by atoms with Gasteiger partial charge in [0.1, 0.15) is 5.75 Å². The van der Waals surface area contributed by atoms with Crippen molar-refractivity contribution in [3.05, 3.63) is 35.3 Å². The summed E-state index contributed by atoms with van der Waals surface area (Å²) >= 11 is 3.20. The number of nitrogens with one attached hydrogen (secondary N) is 2. The maximum Gasteiger partial charge on any atom is 0.187 e. The fourth-order valence-corrected chi connectivity index (χ4v) is 3.94. The maximum atomic E-state index is 5.36. The lowest BCUT2D eigenvalue weighted by Crippen LogP contribution is -1.94. The van der Waals surface area contributed by atoms with Crippen LogP contribution in [0.25, 0.3) is 10.6 Å². The molecule has 3 aromatic rings. The van der Waals surface area contributed by atoms with E-state index in [1.807, 2.05) is 50.4 Å². The Morgan fingerprint density at radius 2 is 1.88 bits per heavy atom. The number of methoxy groups -OCH3 is 1. The Kier molecular flexibility index (Phi) is 7.21. The van der Waals surface area contributed by atoms with Crippen molar-refractivity contribution in [1.29, 1.82) is 0 Å². The van der Waals surface area contributed by atoms with Gasteiger partial charge in [-0.3, -0.25) is 0 Å². The van der Waals surface area contributed by atoms with Crippen LogP contribution < -0.4 is 15.4 Å². The molecule has 0 unspecified atom stereocenters. The molecule has 134 valence electrons. The standard InChI is InChI=1S/C16H18N4OS2.C2H6/c1-4-17-15-18-10(2)14(23-15)12-9-22-16(20-12)19-11-7-5-6-8-13(11)21-3;1-2/h5-9H,4H2,1-3H3,(H,17,18)(H,19,20);1-2H3. The number of hydrogen-bond donors (Lipinski definition) is 2. The van der Waals surface area contributed by atoms with Crippen LogP contribution in [-0.2, 0) is 0 Å². The molecular formula is C18H24N4OS2. The molecule has 0 aliphatic carbocycles. The van der Waals surface area contributed by atoms with Crippen LogP contribution in [0.3, 0.4) is 0 Å². The third-order valence-electron chi connectivity index (χ3n) is 3.21. The summed E-state index contributed by atoms with van der Waals surface area (Å²) in [6.45, 7) is 8.94. The number of aromatic nitrogens is 2. The van der Waals surface area contributed by atoms with Crippen molar-refractivity contribution in [1.82, 2.24) is 9.97 Å². The van der Waals surface area contributed by atoms with Crippen molar-refractivity contribution >= 4 is 38.6 Å². The van der Waals surface area contributed by atoms with Gasteiger partial charge in [0.05, 0.1) is 29.1 Å². The fraction of sp³-hybridized carbons (Fsp3) is 0.333. The van der Waals surface area contributed by atoms with E-state index >= 15 is 0 Å². The van der Waals surface area contributed by atoms with Gasteiger partial charge in [-0.25, -0.2) is 9.97 Å². The highest BCUT2D eigenvalue weighted by Gasteiger charge is 2.13. The Morgan fingerprint density at radius 1 is 1.12 bits per heavy atom. The SMILES string of the molecule is CC.CCNc1nc(C)c(-c2csc(Nc3ccccc3OC)n2)s1. The van der Waals surface area contributed by atoms with E-state index < -0.39 is 0 Å². The van der Waals surface area contributed by atoms with Crippen LogP contribution in [0.4, 0.5) is 16.0 Å². The second-order valence-electron chi connectivity index (χ2n) is 4.83. The van der Waals surface area contributed by atoms with Gasteiger partial charge in [-0.1, -0.05) is 37.3 Å². The normalized spacial score (nSPS) is 9.96. The minimum atomic E-state index is 0.799. The molecule has 7 heteroatoms. The molecule has 0 spiro atoms. The molecule has 0 amide bonds. The number of rotatable bonds is 6. The number of hydrogen-bond acceptors (Lipinski definition) is 7. The van der Waals surface area contributed by atoms with Gasteiger partial charge in [-0.15, -0.1) is 11.3 Å². The lowest BCUT2D eigenvalue weighted by molar-refractivity contribution is 0.417. The molecule has 0 saturated carbocycles. The highest BCUT2D eigenvalue weighted by Crippen LogP contribution is 2.36. The topological polar surface area (TPSA) is 59.1 Å². The molecular weight excluding hydrogens is 352 g/mol. The van der Waals surface area contributed by atoms with Crippen molar-refractivity contribution in [2.24, 2.45) is 0 Å². The van der Waals surface area contributed by atoms with E-state index in [1.165, 1.54) is 0 Å². The first-order valence-corrected chi connectivity index (χ1v) is 9.98. The Balaban J connectivity index is 0.00000109. The van der Waals surface area contributed by atoms with E-state index in [4.69, 9.17) is 4.74 Å². The molecule has 0 radical (unpaired) electrons. The van der Waals surface area contributed by atoms with E-state index in [9.17, 15) is 0 Å². The summed E-state index contributed by atoms with van der Waals surface area (Å²) in [6, 6.07) is 7.81. The molecule has 1 aromatic carbocycles. The number of thiazole rings is 2. The molecule has 2 N–H and O–H groups in total. The Bertz CT molecular complexity index is 798. The average molecular weight is 377 g/mol. The van der Waals surface area contributed by atoms with Crippen LogP contribution in [0.15, 0.2) is 29.6 Å². The average Bonchev–Trinajstić information content (AvgIpc) is 3.24. The zero-order valence-corrected chi connectivity index (χ0v) is 16.8. The van der Waals surface area contributed by atoms with Crippen LogP contribution in [0.2, 0.25) is 0 Å². The summed E-state index contributed by atoms with van der Waals surface area (Å²) in [5, 5.41) is 10.4. The first-order chi connectivity index (χ1) is 12.2. The van der Waals surface area contributed by atoms with Gasteiger partial charge in [0, 0.05) is 11.9 Å². The maximum absolute atomic E-state index is 5.36. The summed E-state index contributed by atoms with van der Waals surface area (Å²) in [7, 11) is 1.66. The van der Waals surface area contributed by atoms with Crippen molar-refractivity contribution in [2.75, 3.05) is 24.3 Å². The summed E-state index contributed by atoms with van der Waals surface area (Å²) in [6.07, 6.45) is 0. The number of aryl methyl sites for hydroxylation is 1. The van der Waals surface area contributed by atoms with Crippen LogP contribution in [0.5, 0.6) is 5.75 Å². The number of nitrogens with zero attached hydrogens (tertiary/aromatic N) is 2. The predicted molar refractivity (Wildman–Crippen MR) is 110 cm³/mol. The molecule has 0 saturated heterocycles. The van der Waals surface area contributed by atoms with Crippen LogP contribution in [0, 0.1) is 6.92 Å². The lowest BCUT2D eigenvalue weighted by atomic mass is 10.3. The van der Waals surface area contributed by atoms with Gasteiger partial charge in [-0.05, 0) is 26.0 Å². The third kappa shape index (κ3) is 4.70. The van der Waals surface area contributed by atoms with Crippen molar-refractivity contribution in [3.8, 4) is 16.3 Å². The molecule has 0 bridgehead atoms. The van der Waals surface area contributed by atoms with E-state index in [2.05, 4.69) is 27.5 Å². The van der Waals surface area contributed by atoms with Gasteiger partial charge in [0.15, 0.2) is 10.3 Å². The van der Waals surface area contributed by atoms with Crippen LogP contribution in [-0.4, -0.2) is 23.6 Å². The third-order valence-corrected chi connectivity index (χ3v) is 5.11. The number of para-hydroxylation sites is 2. The van der Waals surface area contributed by atoms with Crippen molar-refractivity contribution < 1.29 is 4.74 Å². The van der Waals surface area contributed by atoms with E-state index in [0.717, 1.165) is 44.5 Å². The Morgan fingerprint density at radius 3 is 2.60 bits per heavy atom. The zero-order chi connectivity index (χ0) is 18.2. The molecule has 2 aromatic heterocycles. The first-order valence-electron chi connectivity index (χ1n) is 8.28. The fourth-order valence-electron chi connectivity index (χ4n) is 2.16. The molecule has 3 rings (SSSR count). The van der Waals surface area contributed by atoms with Gasteiger partial charge >= 0.3 is 0 Å². The van der Waals surface area contributed by atoms with Crippen molar-refractivity contribution in [2.45, 2.75) is 27.7 Å². The van der Waals surface area contributed by atoms with Gasteiger partial charge < -0.3 is 15.4 Å². The zero-order valence-electron chi connectivity index (χ0n) is 15.2. The quantitative estimate of drug-likeness (QED) is 0.570. The van der Waals surface area contributed by atoms with Gasteiger partial charge in [0.25, 0.3) is 0 Å². The van der Waals surface area contributed by atoms with Crippen LogP contribution >= 0.6 is 22.7 Å². The highest BCUT2D eigenvalue weighted by molar-refractivity contribution is 7.19. The molecule has 0 aliphatic rings. The number of anilines is 3. The Hall–Kier alpha value is -2.12. The molecule has 2 heterocycles. The summed E-state index contributed by atoms with van der Waals surface area (Å²) in [4.78, 5) is 10.3. The first kappa shape index (κ1) is 19.2. The highest BCUT2D eigenvalue weighted by atomic mass is 32.1. The molecule has 0 fully saturated rings. The monoisotopic (exact) mass is 376 g/mol. The van der Waals surface area contributed by atoms with E-state index in [-0.39, 0.29) is 0 Å². The van der Waals surface area contributed by atoms with Gasteiger partial charge in [-0.2, -0.15) is 0 Å². The smallest absolute Gasteiger partial charge is 0.187 e. The summed E-state index contributed by atoms with van der Waals surface area (Å²) in [5.74, 6) is 0.799. The summed E-state index contributed by atoms with van der Waals surface area (Å²) in [5.41, 5.74) is 2.86. The van der Waals surface area contributed by atoms with Gasteiger partial charge in [0.2, 0.25) is 0 Å². The lowest BCUT2D eigenvalue weighted by Gasteiger charge is -2.07. The minimum absolute atomic E-state index is 0.799. The second kappa shape index (κ2) is 9.39. The predicted octanol–water partition coefficient (Wildman–Crippen LogP) is 5.79. The number of ether oxygens (including phenoxy) is 1. The van der Waals surface area contributed by atoms with Crippen LogP contribution in [0.1, 0.15) is 26.5 Å². The Labute approximate surface area is 157 Å². The molecule has 5 nitrogen and oxygen atoms in total. The molecule has 25 heavy (non-hydrogen) atoms. The minimum Gasteiger partial charge on any atom is -0.495 e. The van der Waals surface area contributed by atoms with Crippen molar-refractivity contribution in [3.63, 3.8) is 0 Å². The summed E-state index contributed by atoms with van der Waals surface area (Å²) < 4.78 is 5.36.